The van der Waals surface area contributed by atoms with Crippen LogP contribution in [0.3, 0.4) is 0 Å². The van der Waals surface area contributed by atoms with Crippen molar-refractivity contribution >= 4 is 28.8 Å². The molecule has 21 heavy (non-hydrogen) atoms. The van der Waals surface area contributed by atoms with Crippen LogP contribution in [0.4, 0.5) is 5.69 Å². The molecule has 1 fully saturated rings. The molecule has 4 rings (SSSR count). The van der Waals surface area contributed by atoms with Crippen molar-refractivity contribution in [2.75, 3.05) is 5.32 Å². The summed E-state index contributed by atoms with van der Waals surface area (Å²) in [7, 11) is 0. The maximum absolute atomic E-state index is 12.8. The first kappa shape index (κ1) is 12.5. The van der Waals surface area contributed by atoms with Gasteiger partial charge in [-0.2, -0.15) is 5.26 Å². The number of nitrogens with one attached hydrogen (secondary N) is 2. The van der Waals surface area contributed by atoms with Crippen LogP contribution in [0.25, 0.3) is 0 Å². The molecule has 1 aliphatic carbocycles. The zero-order chi connectivity index (χ0) is 14.6. The Balaban J connectivity index is 1.98. The number of para-hydroxylation sites is 1. The quantitative estimate of drug-likeness (QED) is 0.721. The minimum atomic E-state index is -0.833. The first-order valence-electron chi connectivity index (χ1n) is 7.05. The van der Waals surface area contributed by atoms with Crippen LogP contribution in [0, 0.1) is 17.2 Å². The Morgan fingerprint density at radius 1 is 1.38 bits per heavy atom. The third kappa shape index (κ3) is 1.43. The molecule has 4 nitrogen and oxygen atoms in total. The predicted molar refractivity (Wildman–Crippen MR) is 82.5 cm³/mol. The van der Waals surface area contributed by atoms with E-state index >= 15 is 0 Å². The number of benzene rings is 1. The fourth-order valence-corrected chi connectivity index (χ4v) is 4.31. The molecule has 0 aromatic heterocycles. The molecule has 2 heterocycles. The second kappa shape index (κ2) is 4.15. The van der Waals surface area contributed by atoms with Crippen LogP contribution >= 0.6 is 12.2 Å². The van der Waals surface area contributed by atoms with E-state index < -0.39 is 5.54 Å². The largest absolute Gasteiger partial charge is 0.357 e. The van der Waals surface area contributed by atoms with Crippen molar-refractivity contribution in [3.63, 3.8) is 0 Å². The Bertz CT molecular complexity index is 761. The topological polar surface area (TPSA) is 64.9 Å². The van der Waals surface area contributed by atoms with Crippen molar-refractivity contribution in [1.29, 1.82) is 5.26 Å². The van der Waals surface area contributed by atoms with E-state index in [1.54, 1.807) is 0 Å². The lowest BCUT2D eigenvalue weighted by Gasteiger charge is -2.40. The van der Waals surface area contributed by atoms with Gasteiger partial charge in [0.2, 0.25) is 0 Å². The number of carbonyl (C=O) groups is 1. The van der Waals surface area contributed by atoms with Gasteiger partial charge in [0, 0.05) is 17.2 Å². The molecule has 0 radical (unpaired) electrons. The SMILES string of the molecule is N#CC1=C2CCC[C@H]2[C@@]2(NC1=S)C(=O)Nc1ccccc12. The van der Waals surface area contributed by atoms with Gasteiger partial charge in [-0.05, 0) is 30.9 Å². The number of anilines is 1. The van der Waals surface area contributed by atoms with Crippen LogP contribution < -0.4 is 10.6 Å². The number of nitriles is 1. The van der Waals surface area contributed by atoms with E-state index in [1.165, 1.54) is 0 Å². The standard InChI is InChI=1S/C16H13N3OS/c17-8-10-9-4-3-6-11(9)16(19-14(10)21)12-5-1-2-7-13(12)18-15(16)20/h1-2,5,7,11H,3-4,6H2,(H,18,20)(H,19,21)/t11-,16+/m1/s1. The molecule has 1 aromatic carbocycles. The molecular weight excluding hydrogens is 282 g/mol. The lowest BCUT2D eigenvalue weighted by Crippen LogP contribution is -2.58. The number of nitrogens with zero attached hydrogens (tertiary/aromatic N) is 1. The summed E-state index contributed by atoms with van der Waals surface area (Å²) in [4.78, 5) is 13.2. The van der Waals surface area contributed by atoms with Crippen LogP contribution in [-0.4, -0.2) is 10.9 Å². The normalized spacial score (nSPS) is 29.8. The molecule has 2 atom stereocenters. The fourth-order valence-electron chi connectivity index (χ4n) is 3.97. The van der Waals surface area contributed by atoms with E-state index in [0.29, 0.717) is 10.6 Å². The molecule has 3 aliphatic rings. The van der Waals surface area contributed by atoms with Gasteiger partial charge in [0.15, 0.2) is 5.54 Å². The average Bonchev–Trinajstić information content (AvgIpc) is 3.05. The Labute approximate surface area is 127 Å². The van der Waals surface area contributed by atoms with Crippen molar-refractivity contribution in [3.8, 4) is 6.07 Å². The summed E-state index contributed by atoms with van der Waals surface area (Å²) in [6.07, 6.45) is 2.75. The van der Waals surface area contributed by atoms with E-state index in [9.17, 15) is 10.1 Å². The van der Waals surface area contributed by atoms with Crippen LogP contribution in [-0.2, 0) is 10.3 Å². The highest BCUT2D eigenvalue weighted by Crippen LogP contribution is 2.52. The smallest absolute Gasteiger partial charge is 0.255 e. The minimum absolute atomic E-state index is 0.0162. The third-order valence-electron chi connectivity index (χ3n) is 4.81. The third-order valence-corrected chi connectivity index (χ3v) is 5.12. The molecule has 0 bridgehead atoms. The van der Waals surface area contributed by atoms with Crippen molar-refractivity contribution < 1.29 is 4.79 Å². The highest BCUT2D eigenvalue weighted by molar-refractivity contribution is 7.80. The molecule has 1 saturated carbocycles. The maximum Gasteiger partial charge on any atom is 0.255 e. The monoisotopic (exact) mass is 295 g/mol. The Morgan fingerprint density at radius 3 is 3.00 bits per heavy atom. The van der Waals surface area contributed by atoms with E-state index in [-0.39, 0.29) is 11.8 Å². The molecule has 1 spiro atoms. The lowest BCUT2D eigenvalue weighted by molar-refractivity contribution is -0.123. The van der Waals surface area contributed by atoms with Gasteiger partial charge in [-0.3, -0.25) is 4.79 Å². The molecule has 5 heteroatoms. The summed E-state index contributed by atoms with van der Waals surface area (Å²) in [6, 6.07) is 9.93. The Morgan fingerprint density at radius 2 is 2.19 bits per heavy atom. The summed E-state index contributed by atoms with van der Waals surface area (Å²) < 4.78 is 0. The van der Waals surface area contributed by atoms with E-state index in [2.05, 4.69) is 16.7 Å². The summed E-state index contributed by atoms with van der Waals surface area (Å²) in [5, 5.41) is 15.5. The average molecular weight is 295 g/mol. The second-order valence-electron chi connectivity index (χ2n) is 5.72. The van der Waals surface area contributed by atoms with Crippen LogP contribution in [0.1, 0.15) is 24.8 Å². The zero-order valence-electron chi connectivity index (χ0n) is 11.3. The number of fused-ring (bicyclic) bond motifs is 4. The predicted octanol–water partition coefficient (Wildman–Crippen LogP) is 2.38. The lowest BCUT2D eigenvalue weighted by atomic mass is 9.72. The number of carbonyl (C=O) groups excluding carboxylic acids is 1. The van der Waals surface area contributed by atoms with Crippen molar-refractivity contribution in [1.82, 2.24) is 5.32 Å². The summed E-state index contributed by atoms with van der Waals surface area (Å²) in [5.74, 6) is -0.0464. The van der Waals surface area contributed by atoms with Gasteiger partial charge in [-0.25, -0.2) is 0 Å². The van der Waals surface area contributed by atoms with Crippen LogP contribution in [0.5, 0.6) is 0 Å². The molecule has 0 unspecified atom stereocenters. The molecule has 1 aromatic rings. The first-order valence-corrected chi connectivity index (χ1v) is 7.46. The van der Waals surface area contributed by atoms with Crippen LogP contribution in [0.15, 0.2) is 35.4 Å². The van der Waals surface area contributed by atoms with Gasteiger partial charge in [0.1, 0.15) is 11.1 Å². The highest BCUT2D eigenvalue weighted by Gasteiger charge is 2.57. The van der Waals surface area contributed by atoms with E-state index in [0.717, 1.165) is 36.1 Å². The summed E-state index contributed by atoms with van der Waals surface area (Å²) >= 11 is 5.37. The molecule has 1 amide bonds. The highest BCUT2D eigenvalue weighted by atomic mass is 32.1. The second-order valence-corrected chi connectivity index (χ2v) is 6.13. The van der Waals surface area contributed by atoms with Crippen molar-refractivity contribution in [3.05, 3.63) is 41.0 Å². The van der Waals surface area contributed by atoms with Gasteiger partial charge in [-0.15, -0.1) is 0 Å². The molecular formula is C16H13N3OS. The maximum atomic E-state index is 12.8. The molecule has 104 valence electrons. The fraction of sp³-hybridized carbons (Fsp3) is 0.312. The molecule has 2 N–H and O–H groups in total. The Hall–Kier alpha value is -2.19. The van der Waals surface area contributed by atoms with Crippen molar-refractivity contribution in [2.45, 2.75) is 24.8 Å². The zero-order valence-corrected chi connectivity index (χ0v) is 12.1. The number of rotatable bonds is 0. The number of amides is 1. The first-order chi connectivity index (χ1) is 10.2. The van der Waals surface area contributed by atoms with Gasteiger partial charge in [0.05, 0.1) is 5.57 Å². The summed E-state index contributed by atoms with van der Waals surface area (Å²) in [5.41, 5.74) is 2.56. The minimum Gasteiger partial charge on any atom is -0.357 e. The summed E-state index contributed by atoms with van der Waals surface area (Å²) in [6.45, 7) is 0. The van der Waals surface area contributed by atoms with Gasteiger partial charge >= 0.3 is 0 Å². The number of thiocarbonyl (C=S) groups is 1. The number of hydrogen-bond donors (Lipinski definition) is 2. The van der Waals surface area contributed by atoms with E-state index in [1.807, 2.05) is 24.3 Å². The van der Waals surface area contributed by atoms with Gasteiger partial charge in [-0.1, -0.05) is 30.4 Å². The van der Waals surface area contributed by atoms with E-state index in [4.69, 9.17) is 12.2 Å². The van der Waals surface area contributed by atoms with Crippen LogP contribution in [0.2, 0.25) is 0 Å². The molecule has 2 aliphatic heterocycles. The van der Waals surface area contributed by atoms with Crippen molar-refractivity contribution in [2.24, 2.45) is 5.92 Å². The molecule has 0 saturated heterocycles. The number of hydrogen-bond acceptors (Lipinski definition) is 3. The van der Waals surface area contributed by atoms with Gasteiger partial charge < -0.3 is 10.6 Å². The Kier molecular flexibility index (Phi) is 2.48. The van der Waals surface area contributed by atoms with Gasteiger partial charge in [0.25, 0.3) is 5.91 Å².